The highest BCUT2D eigenvalue weighted by atomic mass is 32.2. The fourth-order valence-corrected chi connectivity index (χ4v) is 3.32. The van der Waals surface area contributed by atoms with Crippen molar-refractivity contribution in [2.24, 2.45) is 5.73 Å². The number of aromatic amines is 1. The first-order chi connectivity index (χ1) is 7.28. The van der Waals surface area contributed by atoms with Crippen molar-refractivity contribution >= 4 is 11.8 Å². The Morgan fingerprint density at radius 2 is 2.40 bits per heavy atom. The minimum absolute atomic E-state index is 0.111. The van der Waals surface area contributed by atoms with Gasteiger partial charge in [-0.1, -0.05) is 0 Å². The van der Waals surface area contributed by atoms with Gasteiger partial charge in [0.2, 0.25) is 0 Å². The van der Waals surface area contributed by atoms with Crippen LogP contribution in [0, 0.1) is 0 Å². The predicted octanol–water partition coefficient (Wildman–Crippen LogP) is 1.97. The molecule has 82 valence electrons. The van der Waals surface area contributed by atoms with E-state index < -0.39 is 0 Å². The molecule has 15 heavy (non-hydrogen) atoms. The molecule has 2 aliphatic rings. The normalized spacial score (nSPS) is 29.0. The summed E-state index contributed by atoms with van der Waals surface area (Å²) in [7, 11) is 0. The van der Waals surface area contributed by atoms with Crippen LogP contribution in [-0.2, 0) is 5.54 Å². The number of thioether (sulfide) groups is 1. The van der Waals surface area contributed by atoms with Gasteiger partial charge < -0.3 is 10.7 Å². The molecule has 1 aliphatic carbocycles. The third-order valence-corrected chi connectivity index (χ3v) is 4.67. The summed E-state index contributed by atoms with van der Waals surface area (Å²) in [5.74, 6) is 4.23. The Hall–Kier alpha value is -0.480. The minimum Gasteiger partial charge on any atom is -0.344 e. The van der Waals surface area contributed by atoms with Crippen LogP contribution in [0.1, 0.15) is 43.1 Å². The van der Waals surface area contributed by atoms with Crippen LogP contribution >= 0.6 is 11.8 Å². The number of hydrogen-bond acceptors (Lipinski definition) is 3. The number of H-pyrrole nitrogens is 1. The number of aromatic nitrogens is 2. The van der Waals surface area contributed by atoms with E-state index in [1.165, 1.54) is 30.0 Å². The van der Waals surface area contributed by atoms with Gasteiger partial charge in [-0.05, 0) is 31.4 Å². The fraction of sp³-hybridized carbons (Fsp3) is 0.727. The molecule has 3 nitrogen and oxygen atoms in total. The SMILES string of the molecule is NC1(c2ncc(C3CCCSC3)[nH]2)CC1. The van der Waals surface area contributed by atoms with E-state index in [1.54, 1.807) is 0 Å². The van der Waals surface area contributed by atoms with Crippen LogP contribution < -0.4 is 5.73 Å². The van der Waals surface area contributed by atoms with Gasteiger partial charge in [-0.3, -0.25) is 0 Å². The number of nitrogens with one attached hydrogen (secondary N) is 1. The summed E-state index contributed by atoms with van der Waals surface area (Å²) in [6.07, 6.45) is 6.79. The summed E-state index contributed by atoms with van der Waals surface area (Å²) >= 11 is 2.05. The molecule has 1 atom stereocenters. The van der Waals surface area contributed by atoms with Gasteiger partial charge in [0.25, 0.3) is 0 Å². The van der Waals surface area contributed by atoms with Crippen molar-refractivity contribution in [1.29, 1.82) is 0 Å². The molecular weight excluding hydrogens is 206 g/mol. The summed E-state index contributed by atoms with van der Waals surface area (Å²) < 4.78 is 0. The van der Waals surface area contributed by atoms with Gasteiger partial charge in [0.15, 0.2) is 0 Å². The number of imidazole rings is 1. The molecule has 0 spiro atoms. The molecule has 2 heterocycles. The van der Waals surface area contributed by atoms with Gasteiger partial charge in [0.05, 0.1) is 5.54 Å². The Labute approximate surface area is 94.2 Å². The summed E-state index contributed by atoms with van der Waals surface area (Å²) in [5, 5.41) is 0. The highest BCUT2D eigenvalue weighted by molar-refractivity contribution is 7.99. The Bertz CT molecular complexity index is 350. The van der Waals surface area contributed by atoms with Crippen LogP contribution in [0.2, 0.25) is 0 Å². The zero-order valence-electron chi connectivity index (χ0n) is 8.83. The smallest absolute Gasteiger partial charge is 0.126 e. The maximum absolute atomic E-state index is 6.11. The van der Waals surface area contributed by atoms with Crippen molar-refractivity contribution in [1.82, 2.24) is 9.97 Å². The van der Waals surface area contributed by atoms with Crippen LogP contribution in [0.4, 0.5) is 0 Å². The molecule has 1 aromatic rings. The van der Waals surface area contributed by atoms with E-state index in [9.17, 15) is 0 Å². The number of hydrogen-bond donors (Lipinski definition) is 2. The van der Waals surface area contributed by atoms with Gasteiger partial charge in [-0.2, -0.15) is 11.8 Å². The third-order valence-electron chi connectivity index (χ3n) is 3.46. The van der Waals surface area contributed by atoms with Gasteiger partial charge in [-0.25, -0.2) is 4.98 Å². The number of nitrogens with two attached hydrogens (primary N) is 1. The van der Waals surface area contributed by atoms with E-state index in [-0.39, 0.29) is 5.54 Å². The maximum atomic E-state index is 6.11. The van der Waals surface area contributed by atoms with Crippen molar-refractivity contribution in [2.75, 3.05) is 11.5 Å². The number of rotatable bonds is 2. The largest absolute Gasteiger partial charge is 0.344 e. The van der Waals surface area contributed by atoms with Crippen molar-refractivity contribution in [2.45, 2.75) is 37.1 Å². The van der Waals surface area contributed by atoms with E-state index in [2.05, 4.69) is 21.7 Å². The fourth-order valence-electron chi connectivity index (χ4n) is 2.15. The second-order valence-electron chi connectivity index (χ2n) is 4.76. The zero-order valence-corrected chi connectivity index (χ0v) is 9.65. The van der Waals surface area contributed by atoms with Crippen molar-refractivity contribution < 1.29 is 0 Å². The van der Waals surface area contributed by atoms with Crippen molar-refractivity contribution in [3.05, 3.63) is 17.7 Å². The molecule has 3 rings (SSSR count). The Morgan fingerprint density at radius 3 is 3.07 bits per heavy atom. The second kappa shape index (κ2) is 3.52. The lowest BCUT2D eigenvalue weighted by molar-refractivity contribution is 0.634. The Kier molecular flexibility index (Phi) is 2.29. The number of nitrogens with zero attached hydrogens (tertiary/aromatic N) is 1. The molecule has 1 unspecified atom stereocenters. The third kappa shape index (κ3) is 1.81. The molecule has 1 saturated carbocycles. The standard InChI is InChI=1S/C11H17N3S/c12-11(3-4-11)10-13-6-9(14-10)8-2-1-5-15-7-8/h6,8H,1-5,7,12H2,(H,13,14). The summed E-state index contributed by atoms with van der Waals surface area (Å²) in [5.41, 5.74) is 7.30. The highest BCUT2D eigenvalue weighted by Crippen LogP contribution is 2.41. The molecule has 0 radical (unpaired) electrons. The molecular formula is C11H17N3S. The van der Waals surface area contributed by atoms with Gasteiger partial charge in [0, 0.05) is 23.6 Å². The Balaban J connectivity index is 1.77. The van der Waals surface area contributed by atoms with E-state index in [1.807, 2.05) is 6.20 Å². The van der Waals surface area contributed by atoms with Gasteiger partial charge in [0.1, 0.15) is 5.82 Å². The van der Waals surface area contributed by atoms with Crippen LogP contribution in [0.15, 0.2) is 6.20 Å². The van der Waals surface area contributed by atoms with E-state index in [0.717, 1.165) is 18.7 Å². The van der Waals surface area contributed by atoms with Crippen LogP contribution in [0.5, 0.6) is 0 Å². The summed E-state index contributed by atoms with van der Waals surface area (Å²) in [6, 6.07) is 0. The molecule has 4 heteroatoms. The lowest BCUT2D eigenvalue weighted by Crippen LogP contribution is -2.20. The van der Waals surface area contributed by atoms with Crippen LogP contribution in [-0.4, -0.2) is 21.5 Å². The first kappa shape index (κ1) is 9.73. The lowest BCUT2D eigenvalue weighted by Gasteiger charge is -2.19. The lowest BCUT2D eigenvalue weighted by atomic mass is 10.0. The second-order valence-corrected chi connectivity index (χ2v) is 5.91. The molecule has 3 N–H and O–H groups in total. The molecule has 0 aromatic carbocycles. The van der Waals surface area contributed by atoms with E-state index >= 15 is 0 Å². The first-order valence-electron chi connectivity index (χ1n) is 5.70. The summed E-state index contributed by atoms with van der Waals surface area (Å²) in [4.78, 5) is 7.87. The van der Waals surface area contributed by atoms with Crippen LogP contribution in [0.3, 0.4) is 0 Å². The molecule has 2 fully saturated rings. The quantitative estimate of drug-likeness (QED) is 0.806. The van der Waals surface area contributed by atoms with Gasteiger partial charge in [-0.15, -0.1) is 0 Å². The molecule has 1 aromatic heterocycles. The monoisotopic (exact) mass is 223 g/mol. The molecule has 1 saturated heterocycles. The predicted molar refractivity (Wildman–Crippen MR) is 63.0 cm³/mol. The molecule has 1 aliphatic heterocycles. The van der Waals surface area contributed by atoms with Crippen molar-refractivity contribution in [3.8, 4) is 0 Å². The van der Waals surface area contributed by atoms with Crippen LogP contribution in [0.25, 0.3) is 0 Å². The summed E-state index contributed by atoms with van der Waals surface area (Å²) in [6.45, 7) is 0. The minimum atomic E-state index is -0.111. The first-order valence-corrected chi connectivity index (χ1v) is 6.85. The molecule has 0 amide bonds. The van der Waals surface area contributed by atoms with E-state index in [0.29, 0.717) is 5.92 Å². The van der Waals surface area contributed by atoms with Crippen molar-refractivity contribution in [3.63, 3.8) is 0 Å². The zero-order chi connectivity index (χ0) is 10.3. The van der Waals surface area contributed by atoms with E-state index in [4.69, 9.17) is 5.73 Å². The maximum Gasteiger partial charge on any atom is 0.126 e. The topological polar surface area (TPSA) is 54.7 Å². The Morgan fingerprint density at radius 1 is 1.53 bits per heavy atom. The average molecular weight is 223 g/mol. The average Bonchev–Trinajstić information content (AvgIpc) is 2.85. The van der Waals surface area contributed by atoms with Gasteiger partial charge >= 0.3 is 0 Å². The highest BCUT2D eigenvalue weighted by Gasteiger charge is 2.43. The molecule has 0 bridgehead atoms.